The molecule has 1 heterocycles. The predicted molar refractivity (Wildman–Crippen MR) is 79.5 cm³/mol. The van der Waals surface area contributed by atoms with Crippen LogP contribution in [0.1, 0.15) is 31.8 Å². The second-order valence-corrected chi connectivity index (χ2v) is 5.51. The van der Waals surface area contributed by atoms with Crippen LogP contribution >= 0.6 is 15.9 Å². The van der Waals surface area contributed by atoms with Crippen LogP contribution < -0.4 is 0 Å². The number of hydrogen-bond acceptors (Lipinski definition) is 3. The van der Waals surface area contributed by atoms with Gasteiger partial charge in [-0.1, -0.05) is 28.1 Å². The summed E-state index contributed by atoms with van der Waals surface area (Å²) in [5, 5.41) is 8.95. The summed E-state index contributed by atoms with van der Waals surface area (Å²) in [6, 6.07) is 13.9. The first-order valence-electron chi connectivity index (χ1n) is 6.25. The third-order valence-electron chi connectivity index (χ3n) is 3.38. The van der Waals surface area contributed by atoms with Crippen molar-refractivity contribution in [2.45, 2.75) is 6.54 Å². The first-order valence-corrected chi connectivity index (χ1v) is 7.05. The maximum Gasteiger partial charge on any atom is 0.261 e. The van der Waals surface area contributed by atoms with Crippen molar-refractivity contribution in [1.29, 1.82) is 5.26 Å². The fraction of sp³-hybridized carbons (Fsp3) is 0.0625. The van der Waals surface area contributed by atoms with Gasteiger partial charge in [0.25, 0.3) is 11.8 Å². The van der Waals surface area contributed by atoms with Crippen molar-refractivity contribution >= 4 is 27.7 Å². The molecule has 21 heavy (non-hydrogen) atoms. The molecule has 1 aliphatic rings. The molecule has 3 rings (SSSR count). The molecule has 0 N–H and O–H groups in total. The van der Waals surface area contributed by atoms with Crippen LogP contribution in [0.5, 0.6) is 0 Å². The van der Waals surface area contributed by atoms with Crippen molar-refractivity contribution in [3.8, 4) is 6.07 Å². The van der Waals surface area contributed by atoms with E-state index in [-0.39, 0.29) is 18.4 Å². The van der Waals surface area contributed by atoms with Crippen LogP contribution in [-0.2, 0) is 6.54 Å². The highest BCUT2D eigenvalue weighted by atomic mass is 79.9. The molecule has 5 heteroatoms. The molecule has 2 amide bonds. The Morgan fingerprint density at radius 1 is 1.05 bits per heavy atom. The van der Waals surface area contributed by atoms with E-state index in [0.717, 1.165) is 10.0 Å². The Morgan fingerprint density at radius 3 is 2.24 bits per heavy atom. The van der Waals surface area contributed by atoms with Gasteiger partial charge < -0.3 is 0 Å². The van der Waals surface area contributed by atoms with E-state index in [0.29, 0.717) is 16.7 Å². The van der Waals surface area contributed by atoms with Gasteiger partial charge in [0, 0.05) is 4.47 Å². The first-order chi connectivity index (χ1) is 10.1. The van der Waals surface area contributed by atoms with Crippen molar-refractivity contribution in [3.05, 3.63) is 69.2 Å². The van der Waals surface area contributed by atoms with Crippen LogP contribution in [0, 0.1) is 11.3 Å². The van der Waals surface area contributed by atoms with Gasteiger partial charge in [0.05, 0.1) is 29.3 Å². The number of carbonyl (C=O) groups excluding carboxylic acids is 2. The maximum atomic E-state index is 12.3. The molecule has 0 saturated heterocycles. The maximum absolute atomic E-state index is 12.3. The standard InChI is InChI=1S/C16H9BrN2O2/c17-14-6-5-10(8-18)7-11(14)9-19-15(20)12-3-1-2-4-13(12)16(19)21/h1-7H,9H2. The lowest BCUT2D eigenvalue weighted by molar-refractivity contribution is 0.0642. The SMILES string of the molecule is N#Cc1ccc(Br)c(CN2C(=O)c3ccccc3C2=O)c1. The third kappa shape index (κ3) is 2.24. The largest absolute Gasteiger partial charge is 0.270 e. The number of benzene rings is 2. The van der Waals surface area contributed by atoms with E-state index in [1.807, 2.05) is 6.07 Å². The van der Waals surface area contributed by atoms with Crippen molar-refractivity contribution < 1.29 is 9.59 Å². The zero-order valence-corrected chi connectivity index (χ0v) is 12.4. The number of carbonyl (C=O) groups is 2. The zero-order chi connectivity index (χ0) is 15.0. The summed E-state index contributed by atoms with van der Waals surface area (Å²) in [5.74, 6) is -0.602. The molecule has 0 saturated carbocycles. The number of nitriles is 1. The second-order valence-electron chi connectivity index (χ2n) is 4.66. The van der Waals surface area contributed by atoms with E-state index in [2.05, 4.69) is 15.9 Å². The number of nitrogens with zero attached hydrogens (tertiary/aromatic N) is 2. The smallest absolute Gasteiger partial charge is 0.261 e. The number of hydrogen-bond donors (Lipinski definition) is 0. The molecule has 0 spiro atoms. The van der Waals surface area contributed by atoms with Crippen LogP contribution in [0.2, 0.25) is 0 Å². The Hall–Kier alpha value is -2.45. The van der Waals surface area contributed by atoms with Crippen molar-refractivity contribution in [2.75, 3.05) is 0 Å². The van der Waals surface area contributed by atoms with Crippen LogP contribution in [-0.4, -0.2) is 16.7 Å². The minimum atomic E-state index is -0.301. The number of amides is 2. The summed E-state index contributed by atoms with van der Waals surface area (Å²) in [5.41, 5.74) is 2.07. The second kappa shape index (κ2) is 5.15. The van der Waals surface area contributed by atoms with E-state index in [9.17, 15) is 9.59 Å². The summed E-state index contributed by atoms with van der Waals surface area (Å²) < 4.78 is 0.762. The van der Waals surface area contributed by atoms with Crippen molar-refractivity contribution in [3.63, 3.8) is 0 Å². The lowest BCUT2D eigenvalue weighted by Gasteiger charge is -2.15. The molecule has 0 unspecified atom stereocenters. The van der Waals surface area contributed by atoms with Crippen molar-refractivity contribution in [2.24, 2.45) is 0 Å². The lowest BCUT2D eigenvalue weighted by atomic mass is 10.1. The van der Waals surface area contributed by atoms with Gasteiger partial charge in [-0.25, -0.2) is 0 Å². The number of halogens is 1. The molecule has 2 aromatic rings. The minimum Gasteiger partial charge on any atom is -0.270 e. The van der Waals surface area contributed by atoms with Gasteiger partial charge in [-0.3, -0.25) is 14.5 Å². The Labute approximate surface area is 129 Å². The van der Waals surface area contributed by atoms with E-state index in [1.165, 1.54) is 4.90 Å². The molecule has 102 valence electrons. The average Bonchev–Trinajstić information content (AvgIpc) is 2.75. The number of fused-ring (bicyclic) bond motifs is 1. The van der Waals surface area contributed by atoms with E-state index in [4.69, 9.17) is 5.26 Å². The molecule has 0 bridgehead atoms. The third-order valence-corrected chi connectivity index (χ3v) is 4.16. The van der Waals surface area contributed by atoms with Gasteiger partial charge in [-0.15, -0.1) is 0 Å². The normalized spacial score (nSPS) is 13.2. The molecule has 0 aromatic heterocycles. The van der Waals surface area contributed by atoms with Gasteiger partial charge in [0.15, 0.2) is 0 Å². The molecule has 0 atom stereocenters. The van der Waals surface area contributed by atoms with E-state index >= 15 is 0 Å². The molecular formula is C16H9BrN2O2. The summed E-state index contributed by atoms with van der Waals surface area (Å²) >= 11 is 3.38. The molecule has 0 fully saturated rings. The fourth-order valence-electron chi connectivity index (χ4n) is 2.32. The van der Waals surface area contributed by atoms with Crippen LogP contribution in [0.4, 0.5) is 0 Å². The summed E-state index contributed by atoms with van der Waals surface area (Å²) in [4.78, 5) is 25.8. The van der Waals surface area contributed by atoms with Gasteiger partial charge >= 0.3 is 0 Å². The van der Waals surface area contributed by atoms with Crippen LogP contribution in [0.15, 0.2) is 46.9 Å². The molecule has 2 aromatic carbocycles. The topological polar surface area (TPSA) is 61.2 Å². The predicted octanol–water partition coefficient (Wildman–Crippen LogP) is 3.12. The Bertz CT molecular complexity index is 773. The van der Waals surface area contributed by atoms with E-state index in [1.54, 1.807) is 42.5 Å². The highest BCUT2D eigenvalue weighted by Gasteiger charge is 2.35. The van der Waals surface area contributed by atoms with Crippen molar-refractivity contribution in [1.82, 2.24) is 4.90 Å². The fourth-order valence-corrected chi connectivity index (χ4v) is 2.69. The quantitative estimate of drug-likeness (QED) is 0.789. The highest BCUT2D eigenvalue weighted by Crippen LogP contribution is 2.27. The number of imide groups is 1. The van der Waals surface area contributed by atoms with Gasteiger partial charge in [-0.05, 0) is 35.9 Å². The average molecular weight is 341 g/mol. The van der Waals surface area contributed by atoms with Gasteiger partial charge in [-0.2, -0.15) is 5.26 Å². The van der Waals surface area contributed by atoms with Crippen LogP contribution in [0.3, 0.4) is 0 Å². The minimum absolute atomic E-state index is 0.141. The molecule has 0 radical (unpaired) electrons. The highest BCUT2D eigenvalue weighted by molar-refractivity contribution is 9.10. The Morgan fingerprint density at radius 2 is 1.67 bits per heavy atom. The summed E-state index contributed by atoms with van der Waals surface area (Å²) in [7, 11) is 0. The summed E-state index contributed by atoms with van der Waals surface area (Å²) in [6.45, 7) is 0.141. The van der Waals surface area contributed by atoms with Gasteiger partial charge in [0.2, 0.25) is 0 Å². The summed E-state index contributed by atoms with van der Waals surface area (Å²) in [6.07, 6.45) is 0. The number of rotatable bonds is 2. The Balaban J connectivity index is 1.96. The van der Waals surface area contributed by atoms with Gasteiger partial charge in [0.1, 0.15) is 0 Å². The van der Waals surface area contributed by atoms with Crippen LogP contribution in [0.25, 0.3) is 0 Å². The monoisotopic (exact) mass is 340 g/mol. The molecule has 0 aliphatic carbocycles. The molecular weight excluding hydrogens is 332 g/mol. The Kier molecular flexibility index (Phi) is 3.32. The lowest BCUT2D eigenvalue weighted by Crippen LogP contribution is -2.29. The molecule has 1 aliphatic heterocycles. The van der Waals surface area contributed by atoms with E-state index < -0.39 is 0 Å². The molecule has 4 nitrogen and oxygen atoms in total. The zero-order valence-electron chi connectivity index (χ0n) is 10.8. The first kappa shape index (κ1) is 13.5.